The molecule has 166 valence electrons. The van der Waals surface area contributed by atoms with Crippen molar-refractivity contribution in [2.45, 2.75) is 12.8 Å². The van der Waals surface area contributed by atoms with Crippen LogP contribution in [0.1, 0.15) is 12.8 Å². The Morgan fingerprint density at radius 2 is 1.79 bits per heavy atom. The summed E-state index contributed by atoms with van der Waals surface area (Å²) in [6, 6.07) is 19.6. The van der Waals surface area contributed by atoms with E-state index < -0.39 is 0 Å². The van der Waals surface area contributed by atoms with Gasteiger partial charge in [-0.1, -0.05) is 18.2 Å². The summed E-state index contributed by atoms with van der Waals surface area (Å²) in [5.74, 6) is 1.71. The van der Waals surface area contributed by atoms with Crippen LogP contribution in [0.2, 0.25) is 0 Å². The first kappa shape index (κ1) is 20.9. The van der Waals surface area contributed by atoms with Gasteiger partial charge in [0, 0.05) is 42.2 Å². The van der Waals surface area contributed by atoms with E-state index in [1.165, 1.54) is 0 Å². The average molecular weight is 440 g/mol. The van der Waals surface area contributed by atoms with Gasteiger partial charge < -0.3 is 15.0 Å². The summed E-state index contributed by atoms with van der Waals surface area (Å²) in [5, 5.41) is 4.11. The molecule has 1 N–H and O–H groups in total. The van der Waals surface area contributed by atoms with Gasteiger partial charge in [-0.15, -0.1) is 0 Å². The third-order valence-electron chi connectivity index (χ3n) is 6.12. The molecule has 7 nitrogen and oxygen atoms in total. The van der Waals surface area contributed by atoms with E-state index in [2.05, 4.69) is 25.2 Å². The van der Waals surface area contributed by atoms with Crippen LogP contribution in [-0.2, 0) is 4.79 Å². The minimum Gasteiger partial charge on any atom is -0.497 e. The molecule has 7 heteroatoms. The molecule has 1 aliphatic rings. The number of aromatic nitrogens is 3. The maximum Gasteiger partial charge on any atom is 0.227 e. The molecule has 2 aromatic carbocycles. The largest absolute Gasteiger partial charge is 0.497 e. The number of hydrogen-bond acceptors (Lipinski definition) is 6. The number of fused-ring (bicyclic) bond motifs is 1. The summed E-state index contributed by atoms with van der Waals surface area (Å²) in [6.07, 6.45) is 4.89. The predicted octanol–water partition coefficient (Wildman–Crippen LogP) is 4.56. The number of nitrogens with one attached hydrogen (secondary N) is 1. The molecule has 3 heterocycles. The number of anilines is 2. The number of hydrogen-bond donors (Lipinski definition) is 1. The van der Waals surface area contributed by atoms with Crippen molar-refractivity contribution >= 4 is 28.3 Å². The Kier molecular flexibility index (Phi) is 5.85. The number of carbonyl (C=O) groups is 1. The molecule has 1 aliphatic heterocycles. The van der Waals surface area contributed by atoms with Gasteiger partial charge in [0.25, 0.3) is 0 Å². The van der Waals surface area contributed by atoms with Crippen LogP contribution in [-0.4, -0.2) is 41.1 Å². The molecule has 0 bridgehead atoms. The minimum atomic E-state index is -0.0388. The number of amides is 1. The highest BCUT2D eigenvalue weighted by Gasteiger charge is 2.26. The van der Waals surface area contributed by atoms with Gasteiger partial charge in [0.15, 0.2) is 0 Å². The van der Waals surface area contributed by atoms with E-state index in [4.69, 9.17) is 4.74 Å². The van der Waals surface area contributed by atoms with Crippen molar-refractivity contribution in [2.75, 3.05) is 30.4 Å². The highest BCUT2D eigenvalue weighted by atomic mass is 16.5. The lowest BCUT2D eigenvalue weighted by Crippen LogP contribution is -2.38. The lowest BCUT2D eigenvalue weighted by Gasteiger charge is -2.32. The van der Waals surface area contributed by atoms with Crippen molar-refractivity contribution in [3.63, 3.8) is 0 Å². The monoisotopic (exact) mass is 439 g/mol. The molecule has 0 spiro atoms. The first-order valence-electron chi connectivity index (χ1n) is 11.1. The topological polar surface area (TPSA) is 80.2 Å². The van der Waals surface area contributed by atoms with Gasteiger partial charge in [-0.3, -0.25) is 9.78 Å². The van der Waals surface area contributed by atoms with Crippen molar-refractivity contribution in [3.8, 4) is 17.0 Å². The Labute approximate surface area is 192 Å². The number of pyridine rings is 1. The molecule has 0 aliphatic carbocycles. The smallest absolute Gasteiger partial charge is 0.227 e. The first-order chi connectivity index (χ1) is 16.2. The summed E-state index contributed by atoms with van der Waals surface area (Å²) in [5.41, 5.74) is 3.46. The lowest BCUT2D eigenvalue weighted by atomic mass is 9.95. The van der Waals surface area contributed by atoms with E-state index in [0.29, 0.717) is 0 Å². The fourth-order valence-corrected chi connectivity index (χ4v) is 4.25. The van der Waals surface area contributed by atoms with E-state index in [1.807, 2.05) is 60.7 Å². The van der Waals surface area contributed by atoms with Crippen LogP contribution in [0.25, 0.3) is 22.2 Å². The van der Waals surface area contributed by atoms with Gasteiger partial charge in [0.1, 0.15) is 17.9 Å². The molecule has 0 atom stereocenters. The molecule has 0 saturated carbocycles. The predicted molar refractivity (Wildman–Crippen MR) is 129 cm³/mol. The summed E-state index contributed by atoms with van der Waals surface area (Å²) < 4.78 is 5.23. The average Bonchev–Trinajstić information content (AvgIpc) is 2.89. The first-order valence-corrected chi connectivity index (χ1v) is 11.1. The van der Waals surface area contributed by atoms with E-state index in [0.717, 1.165) is 65.3 Å². The van der Waals surface area contributed by atoms with Crippen LogP contribution >= 0.6 is 0 Å². The Bertz CT molecular complexity index is 1260. The number of para-hydroxylation sites is 1. The lowest BCUT2D eigenvalue weighted by molar-refractivity contribution is -0.120. The number of piperidine rings is 1. The molecule has 0 unspecified atom stereocenters. The zero-order chi connectivity index (χ0) is 22.6. The molecule has 2 aromatic heterocycles. The second-order valence-electron chi connectivity index (χ2n) is 8.12. The molecule has 0 radical (unpaired) electrons. The van der Waals surface area contributed by atoms with Crippen molar-refractivity contribution in [2.24, 2.45) is 5.92 Å². The van der Waals surface area contributed by atoms with Crippen LogP contribution in [0.15, 0.2) is 73.2 Å². The van der Waals surface area contributed by atoms with Gasteiger partial charge in [-0.25, -0.2) is 9.97 Å². The summed E-state index contributed by atoms with van der Waals surface area (Å²) in [4.78, 5) is 28.5. The maximum atomic E-state index is 13.0. The van der Waals surface area contributed by atoms with E-state index in [9.17, 15) is 4.79 Å². The van der Waals surface area contributed by atoms with Gasteiger partial charge >= 0.3 is 0 Å². The SMILES string of the molecule is COc1ccc(-c2cc(N3CCC(C(=O)Nc4cccc5cccnc45)CC3)ncn2)cc1. The zero-order valence-electron chi connectivity index (χ0n) is 18.4. The Morgan fingerprint density at radius 3 is 2.58 bits per heavy atom. The van der Waals surface area contributed by atoms with Crippen LogP contribution < -0.4 is 15.0 Å². The second kappa shape index (κ2) is 9.24. The molecule has 1 amide bonds. The Balaban J connectivity index is 1.24. The standard InChI is InChI=1S/C26H25N5O2/c1-33-21-9-7-18(8-10-21)23-16-24(29-17-28-23)31-14-11-20(12-15-31)26(32)30-22-6-2-4-19-5-3-13-27-25(19)22/h2-10,13,16-17,20H,11-12,14-15H2,1H3,(H,30,32). The Hall–Kier alpha value is -4.00. The van der Waals surface area contributed by atoms with Gasteiger partial charge in [-0.05, 0) is 49.2 Å². The quantitative estimate of drug-likeness (QED) is 0.491. The van der Waals surface area contributed by atoms with Crippen molar-refractivity contribution < 1.29 is 9.53 Å². The van der Waals surface area contributed by atoms with Crippen LogP contribution in [0, 0.1) is 5.92 Å². The Morgan fingerprint density at radius 1 is 1.00 bits per heavy atom. The molecule has 1 fully saturated rings. The van der Waals surface area contributed by atoms with Crippen molar-refractivity contribution in [3.05, 3.63) is 73.2 Å². The van der Waals surface area contributed by atoms with Crippen molar-refractivity contribution in [1.82, 2.24) is 15.0 Å². The highest BCUT2D eigenvalue weighted by molar-refractivity contribution is 6.01. The fraction of sp³-hybridized carbons (Fsp3) is 0.231. The molecule has 4 aromatic rings. The number of rotatable bonds is 5. The van der Waals surface area contributed by atoms with Crippen LogP contribution in [0.5, 0.6) is 5.75 Å². The minimum absolute atomic E-state index is 0.0388. The number of nitrogens with zero attached hydrogens (tertiary/aromatic N) is 4. The summed E-state index contributed by atoms with van der Waals surface area (Å²) in [7, 11) is 1.65. The van der Waals surface area contributed by atoms with Gasteiger partial charge in [0.05, 0.1) is 24.0 Å². The molecular formula is C26H25N5O2. The van der Waals surface area contributed by atoms with Crippen molar-refractivity contribution in [1.29, 1.82) is 0 Å². The number of methoxy groups -OCH3 is 1. The van der Waals surface area contributed by atoms with Gasteiger partial charge in [-0.2, -0.15) is 0 Å². The number of ether oxygens (including phenoxy) is 1. The van der Waals surface area contributed by atoms with E-state index in [1.54, 1.807) is 19.6 Å². The molecule has 1 saturated heterocycles. The zero-order valence-corrected chi connectivity index (χ0v) is 18.4. The highest BCUT2D eigenvalue weighted by Crippen LogP contribution is 2.28. The number of carbonyl (C=O) groups excluding carboxylic acids is 1. The van der Waals surface area contributed by atoms with E-state index in [-0.39, 0.29) is 11.8 Å². The van der Waals surface area contributed by atoms with Crippen LogP contribution in [0.3, 0.4) is 0 Å². The second-order valence-corrected chi connectivity index (χ2v) is 8.12. The maximum absolute atomic E-state index is 13.0. The third-order valence-corrected chi connectivity index (χ3v) is 6.12. The molecule has 5 rings (SSSR count). The third kappa shape index (κ3) is 4.48. The normalized spacial score (nSPS) is 14.3. The van der Waals surface area contributed by atoms with E-state index >= 15 is 0 Å². The van der Waals surface area contributed by atoms with Crippen LogP contribution in [0.4, 0.5) is 11.5 Å². The van der Waals surface area contributed by atoms with Gasteiger partial charge in [0.2, 0.25) is 5.91 Å². The fourth-order valence-electron chi connectivity index (χ4n) is 4.25. The molecule has 33 heavy (non-hydrogen) atoms. The summed E-state index contributed by atoms with van der Waals surface area (Å²) in [6.45, 7) is 1.54. The summed E-state index contributed by atoms with van der Waals surface area (Å²) >= 11 is 0. The number of benzene rings is 2. The molecular weight excluding hydrogens is 414 g/mol.